The highest BCUT2D eigenvalue weighted by atomic mass is 16.6. The van der Waals surface area contributed by atoms with Crippen molar-refractivity contribution in [1.82, 2.24) is 10.2 Å². The van der Waals surface area contributed by atoms with E-state index in [2.05, 4.69) is 10.2 Å². The monoisotopic (exact) mass is 191 g/mol. The molecule has 1 aromatic carbocycles. The van der Waals surface area contributed by atoms with Gasteiger partial charge in [0.2, 0.25) is 0 Å². The van der Waals surface area contributed by atoms with E-state index < -0.39 is 0 Å². The van der Waals surface area contributed by atoms with Gasteiger partial charge in [-0.15, -0.1) is 0 Å². The number of hydrogen-bond acceptors (Lipinski definition) is 3. The molecular formula is C9H9N3O2. The fourth-order valence-corrected chi connectivity index (χ4v) is 1.58. The van der Waals surface area contributed by atoms with Gasteiger partial charge in [0.05, 0.1) is 22.2 Å². The Bertz CT molecular complexity index is 516. The van der Waals surface area contributed by atoms with Crippen LogP contribution in [0.4, 0.5) is 5.69 Å². The predicted molar refractivity (Wildman–Crippen MR) is 52.2 cm³/mol. The maximum Gasteiger partial charge on any atom is 0.274 e. The number of nitrogens with one attached hydrogen (secondary N) is 1. The number of fused-ring (bicyclic) bond motifs is 1. The molecule has 0 aliphatic carbocycles. The van der Waals surface area contributed by atoms with Gasteiger partial charge in [-0.2, -0.15) is 5.10 Å². The first-order valence-electron chi connectivity index (χ1n) is 4.19. The van der Waals surface area contributed by atoms with E-state index in [-0.39, 0.29) is 10.6 Å². The Kier molecular flexibility index (Phi) is 1.73. The molecule has 0 bridgehead atoms. The minimum Gasteiger partial charge on any atom is -0.277 e. The summed E-state index contributed by atoms with van der Waals surface area (Å²) >= 11 is 0. The van der Waals surface area contributed by atoms with Crippen LogP contribution in [0.2, 0.25) is 0 Å². The topological polar surface area (TPSA) is 71.8 Å². The summed E-state index contributed by atoms with van der Waals surface area (Å²) in [5, 5.41) is 18.3. The van der Waals surface area contributed by atoms with E-state index in [1.165, 1.54) is 0 Å². The summed E-state index contributed by atoms with van der Waals surface area (Å²) in [6.07, 6.45) is 1.68. The van der Waals surface area contributed by atoms with E-state index in [4.69, 9.17) is 0 Å². The first-order chi connectivity index (χ1) is 6.61. The number of aromatic nitrogens is 2. The van der Waals surface area contributed by atoms with Crippen molar-refractivity contribution in [3.63, 3.8) is 0 Å². The van der Waals surface area contributed by atoms with Gasteiger partial charge >= 0.3 is 0 Å². The zero-order valence-corrected chi connectivity index (χ0v) is 7.87. The molecule has 0 saturated carbocycles. The highest BCUT2D eigenvalue weighted by Crippen LogP contribution is 2.28. The Labute approximate surface area is 79.9 Å². The van der Waals surface area contributed by atoms with Gasteiger partial charge in [0, 0.05) is 11.5 Å². The number of nitrogens with zero attached hydrogens (tertiary/aromatic N) is 2. The number of hydrogen-bond donors (Lipinski definition) is 1. The molecule has 0 spiro atoms. The Morgan fingerprint density at radius 2 is 2.21 bits per heavy atom. The largest absolute Gasteiger partial charge is 0.277 e. The van der Waals surface area contributed by atoms with E-state index in [0.717, 1.165) is 16.5 Å². The SMILES string of the molecule is Cc1cc([N+](=O)[O-])c(C)c2[nH]ncc12. The first-order valence-corrected chi connectivity index (χ1v) is 4.19. The van der Waals surface area contributed by atoms with Crippen molar-refractivity contribution in [1.29, 1.82) is 0 Å². The first kappa shape index (κ1) is 8.68. The molecule has 1 N–H and O–H groups in total. The fraction of sp³-hybridized carbons (Fsp3) is 0.222. The van der Waals surface area contributed by atoms with Crippen LogP contribution in [-0.2, 0) is 0 Å². The lowest BCUT2D eigenvalue weighted by atomic mass is 10.1. The van der Waals surface area contributed by atoms with Gasteiger partial charge in [-0.05, 0) is 19.4 Å². The lowest BCUT2D eigenvalue weighted by molar-refractivity contribution is -0.385. The number of benzene rings is 1. The number of H-pyrrole nitrogens is 1. The van der Waals surface area contributed by atoms with Crippen LogP contribution in [0, 0.1) is 24.0 Å². The molecule has 2 aromatic rings. The van der Waals surface area contributed by atoms with Crippen LogP contribution in [-0.4, -0.2) is 15.1 Å². The molecule has 1 aromatic heterocycles. The minimum atomic E-state index is -0.372. The zero-order valence-electron chi connectivity index (χ0n) is 7.87. The molecule has 2 rings (SSSR count). The van der Waals surface area contributed by atoms with E-state index in [1.807, 2.05) is 6.92 Å². The van der Waals surface area contributed by atoms with Gasteiger partial charge in [0.15, 0.2) is 0 Å². The maximum absolute atomic E-state index is 10.7. The summed E-state index contributed by atoms with van der Waals surface area (Å²) < 4.78 is 0. The van der Waals surface area contributed by atoms with Crippen LogP contribution in [0.5, 0.6) is 0 Å². The third kappa shape index (κ3) is 1.06. The molecule has 0 amide bonds. The van der Waals surface area contributed by atoms with E-state index >= 15 is 0 Å². The highest BCUT2D eigenvalue weighted by molar-refractivity contribution is 5.87. The summed E-state index contributed by atoms with van der Waals surface area (Å²) in [4.78, 5) is 10.3. The Morgan fingerprint density at radius 1 is 1.50 bits per heavy atom. The number of rotatable bonds is 1. The summed E-state index contributed by atoms with van der Waals surface area (Å²) in [6, 6.07) is 1.58. The zero-order chi connectivity index (χ0) is 10.3. The van der Waals surface area contributed by atoms with Crippen molar-refractivity contribution in [2.75, 3.05) is 0 Å². The van der Waals surface area contributed by atoms with Crippen molar-refractivity contribution >= 4 is 16.6 Å². The Morgan fingerprint density at radius 3 is 2.86 bits per heavy atom. The molecular weight excluding hydrogens is 182 g/mol. The molecule has 14 heavy (non-hydrogen) atoms. The van der Waals surface area contributed by atoms with Crippen LogP contribution >= 0.6 is 0 Å². The second-order valence-corrected chi connectivity index (χ2v) is 3.25. The van der Waals surface area contributed by atoms with Crippen molar-refractivity contribution in [2.24, 2.45) is 0 Å². The lowest BCUT2D eigenvalue weighted by Crippen LogP contribution is -1.93. The number of nitro groups is 1. The van der Waals surface area contributed by atoms with Crippen molar-refractivity contribution in [2.45, 2.75) is 13.8 Å². The van der Waals surface area contributed by atoms with E-state index in [1.54, 1.807) is 19.2 Å². The normalized spacial score (nSPS) is 10.7. The highest BCUT2D eigenvalue weighted by Gasteiger charge is 2.16. The summed E-state index contributed by atoms with van der Waals surface area (Å²) in [6.45, 7) is 3.56. The molecule has 0 aliphatic rings. The standard InChI is InChI=1S/C9H9N3O2/c1-5-3-8(12(13)14)6(2)9-7(5)4-10-11-9/h3-4H,1-2H3,(H,10,11). The van der Waals surface area contributed by atoms with Crippen molar-refractivity contribution in [3.8, 4) is 0 Å². The molecule has 0 aliphatic heterocycles. The van der Waals surface area contributed by atoms with Gasteiger partial charge < -0.3 is 0 Å². The molecule has 1 heterocycles. The molecule has 5 heteroatoms. The second-order valence-electron chi connectivity index (χ2n) is 3.25. The van der Waals surface area contributed by atoms with E-state index in [9.17, 15) is 10.1 Å². The van der Waals surface area contributed by atoms with Crippen LogP contribution in [0.3, 0.4) is 0 Å². The predicted octanol–water partition coefficient (Wildman–Crippen LogP) is 2.09. The average Bonchev–Trinajstić information content (AvgIpc) is 2.59. The number of nitro benzene ring substituents is 1. The Hall–Kier alpha value is -1.91. The van der Waals surface area contributed by atoms with Gasteiger partial charge in [0.1, 0.15) is 0 Å². The number of aryl methyl sites for hydroxylation is 2. The van der Waals surface area contributed by atoms with Crippen molar-refractivity contribution < 1.29 is 4.92 Å². The molecule has 0 saturated heterocycles. The van der Waals surface area contributed by atoms with Gasteiger partial charge in [-0.25, -0.2) is 0 Å². The summed E-state index contributed by atoms with van der Waals surface area (Å²) in [5.74, 6) is 0. The molecule has 5 nitrogen and oxygen atoms in total. The van der Waals surface area contributed by atoms with Crippen LogP contribution in [0.25, 0.3) is 10.9 Å². The van der Waals surface area contributed by atoms with Crippen molar-refractivity contribution in [3.05, 3.63) is 33.5 Å². The summed E-state index contributed by atoms with van der Waals surface area (Å²) in [7, 11) is 0. The molecule has 0 fully saturated rings. The second kappa shape index (κ2) is 2.80. The van der Waals surface area contributed by atoms with Crippen LogP contribution in [0.1, 0.15) is 11.1 Å². The molecule has 0 radical (unpaired) electrons. The maximum atomic E-state index is 10.7. The molecule has 0 atom stereocenters. The van der Waals surface area contributed by atoms with Gasteiger partial charge in [-0.3, -0.25) is 15.2 Å². The van der Waals surface area contributed by atoms with Crippen LogP contribution < -0.4 is 0 Å². The molecule has 72 valence electrons. The minimum absolute atomic E-state index is 0.138. The average molecular weight is 191 g/mol. The summed E-state index contributed by atoms with van der Waals surface area (Å²) in [5.41, 5.74) is 2.38. The van der Waals surface area contributed by atoms with Crippen LogP contribution in [0.15, 0.2) is 12.3 Å². The Balaban J connectivity index is 2.88. The van der Waals surface area contributed by atoms with E-state index in [0.29, 0.717) is 5.56 Å². The van der Waals surface area contributed by atoms with Gasteiger partial charge in [-0.1, -0.05) is 0 Å². The number of aromatic amines is 1. The van der Waals surface area contributed by atoms with Gasteiger partial charge in [0.25, 0.3) is 5.69 Å². The lowest BCUT2D eigenvalue weighted by Gasteiger charge is -2.00. The quantitative estimate of drug-likeness (QED) is 0.554. The third-order valence-corrected chi connectivity index (χ3v) is 2.37. The third-order valence-electron chi connectivity index (χ3n) is 2.37. The smallest absolute Gasteiger partial charge is 0.274 e. The fourth-order valence-electron chi connectivity index (χ4n) is 1.58. The molecule has 0 unspecified atom stereocenters.